The maximum atomic E-state index is 13.0. The first-order valence-corrected chi connectivity index (χ1v) is 10.0. The molecule has 148 valence electrons. The predicted molar refractivity (Wildman–Crippen MR) is 106 cm³/mol. The van der Waals surface area contributed by atoms with Crippen molar-refractivity contribution in [3.05, 3.63) is 46.0 Å². The number of hydrogen-bond acceptors (Lipinski definition) is 5. The number of rotatable bonds is 7. The first kappa shape index (κ1) is 21.1. The molecule has 0 aliphatic carbocycles. The second-order valence-corrected chi connectivity index (χ2v) is 8.14. The van der Waals surface area contributed by atoms with Crippen LogP contribution in [0.3, 0.4) is 0 Å². The van der Waals surface area contributed by atoms with Gasteiger partial charge in [0.05, 0.1) is 26.2 Å². The smallest absolute Gasteiger partial charge is 0.241 e. The molecule has 6 nitrogen and oxygen atoms in total. The van der Waals surface area contributed by atoms with Crippen LogP contribution in [-0.2, 0) is 16.6 Å². The largest absolute Gasteiger partial charge is 0.496 e. The molecule has 0 heterocycles. The number of benzene rings is 2. The summed E-state index contributed by atoms with van der Waals surface area (Å²) in [5.74, 6) is 1.54. The van der Waals surface area contributed by atoms with Gasteiger partial charge in [0.15, 0.2) is 11.5 Å². The molecule has 0 bridgehead atoms. The molecule has 0 radical (unpaired) electrons. The molecular formula is C20H27NO5S. The van der Waals surface area contributed by atoms with Crippen molar-refractivity contribution in [2.24, 2.45) is 0 Å². The lowest BCUT2D eigenvalue weighted by Gasteiger charge is -2.18. The summed E-state index contributed by atoms with van der Waals surface area (Å²) < 4.78 is 44.7. The van der Waals surface area contributed by atoms with Crippen molar-refractivity contribution >= 4 is 10.0 Å². The van der Waals surface area contributed by atoms with E-state index >= 15 is 0 Å². The van der Waals surface area contributed by atoms with Crippen LogP contribution in [0.2, 0.25) is 0 Å². The van der Waals surface area contributed by atoms with E-state index in [-0.39, 0.29) is 6.54 Å². The standard InChI is InChI=1S/C20H27NO5S/c1-12-8-13(2)15(4)20(14(12)3)27(22,23)21-11-16-9-18(25-6)19(26-7)10-17(16)24-5/h8-10,21H,11H2,1-7H3. The van der Waals surface area contributed by atoms with Crippen molar-refractivity contribution in [3.8, 4) is 17.2 Å². The van der Waals surface area contributed by atoms with E-state index in [0.29, 0.717) is 27.7 Å². The number of aryl methyl sites for hydroxylation is 2. The van der Waals surface area contributed by atoms with Crippen LogP contribution in [0.25, 0.3) is 0 Å². The van der Waals surface area contributed by atoms with Gasteiger partial charge in [0.1, 0.15) is 5.75 Å². The quantitative estimate of drug-likeness (QED) is 0.780. The molecule has 0 fully saturated rings. The monoisotopic (exact) mass is 393 g/mol. The normalized spacial score (nSPS) is 11.4. The second-order valence-electron chi connectivity index (χ2n) is 6.43. The van der Waals surface area contributed by atoms with Crippen molar-refractivity contribution in [2.45, 2.75) is 39.1 Å². The molecule has 0 saturated heterocycles. The highest BCUT2D eigenvalue weighted by Crippen LogP contribution is 2.35. The fraction of sp³-hybridized carbons (Fsp3) is 0.400. The van der Waals surface area contributed by atoms with E-state index in [4.69, 9.17) is 14.2 Å². The Morgan fingerprint density at radius 1 is 0.778 bits per heavy atom. The van der Waals surface area contributed by atoms with Crippen LogP contribution in [-0.4, -0.2) is 29.7 Å². The lowest BCUT2D eigenvalue weighted by atomic mass is 10.0. The predicted octanol–water partition coefficient (Wildman–Crippen LogP) is 3.42. The van der Waals surface area contributed by atoms with Crippen LogP contribution in [0.15, 0.2) is 23.1 Å². The Balaban J connectivity index is 2.42. The van der Waals surface area contributed by atoms with Crippen molar-refractivity contribution < 1.29 is 22.6 Å². The molecule has 0 aliphatic rings. The van der Waals surface area contributed by atoms with Crippen LogP contribution >= 0.6 is 0 Å². The highest BCUT2D eigenvalue weighted by molar-refractivity contribution is 7.89. The van der Waals surface area contributed by atoms with Gasteiger partial charge in [0, 0.05) is 18.2 Å². The summed E-state index contributed by atoms with van der Waals surface area (Å²) in [6.45, 7) is 7.55. The number of ether oxygens (including phenoxy) is 3. The zero-order valence-electron chi connectivity index (χ0n) is 16.9. The molecule has 27 heavy (non-hydrogen) atoms. The molecular weight excluding hydrogens is 366 g/mol. The molecule has 0 unspecified atom stereocenters. The van der Waals surface area contributed by atoms with Gasteiger partial charge in [-0.2, -0.15) is 0 Å². The van der Waals surface area contributed by atoms with Gasteiger partial charge in [0.2, 0.25) is 10.0 Å². The minimum atomic E-state index is -3.70. The number of hydrogen-bond donors (Lipinski definition) is 1. The van der Waals surface area contributed by atoms with Gasteiger partial charge >= 0.3 is 0 Å². The molecule has 0 atom stereocenters. The SMILES string of the molecule is COc1cc(OC)c(OC)cc1CNS(=O)(=O)c1c(C)c(C)cc(C)c1C. The number of nitrogens with one attached hydrogen (secondary N) is 1. The van der Waals surface area contributed by atoms with E-state index in [0.717, 1.165) is 22.3 Å². The fourth-order valence-electron chi connectivity index (χ4n) is 3.06. The molecule has 7 heteroatoms. The van der Waals surface area contributed by atoms with Crippen molar-refractivity contribution in [2.75, 3.05) is 21.3 Å². The summed E-state index contributed by atoms with van der Waals surface area (Å²) in [5, 5.41) is 0. The molecule has 2 aromatic carbocycles. The molecule has 0 amide bonds. The summed E-state index contributed by atoms with van der Waals surface area (Å²) in [5.41, 5.74) is 4.05. The lowest BCUT2D eigenvalue weighted by molar-refractivity contribution is 0.347. The molecule has 0 aliphatic heterocycles. The first-order valence-electron chi connectivity index (χ1n) is 8.52. The van der Waals surface area contributed by atoms with Crippen molar-refractivity contribution in [1.29, 1.82) is 0 Å². The Hall–Kier alpha value is -2.25. The third kappa shape index (κ3) is 4.20. The summed E-state index contributed by atoms with van der Waals surface area (Å²) >= 11 is 0. The minimum Gasteiger partial charge on any atom is -0.496 e. The Kier molecular flexibility index (Phi) is 6.38. The molecule has 2 rings (SSSR count). The van der Waals surface area contributed by atoms with E-state index in [1.54, 1.807) is 12.1 Å². The van der Waals surface area contributed by atoms with E-state index in [1.807, 2.05) is 33.8 Å². The minimum absolute atomic E-state index is 0.0672. The highest BCUT2D eigenvalue weighted by Gasteiger charge is 2.23. The third-order valence-electron chi connectivity index (χ3n) is 4.81. The topological polar surface area (TPSA) is 73.9 Å². The second kappa shape index (κ2) is 8.19. The van der Waals surface area contributed by atoms with Crippen LogP contribution in [0.5, 0.6) is 17.2 Å². The molecule has 2 aromatic rings. The van der Waals surface area contributed by atoms with Crippen LogP contribution in [0.1, 0.15) is 27.8 Å². The number of methoxy groups -OCH3 is 3. The van der Waals surface area contributed by atoms with Gasteiger partial charge in [0.25, 0.3) is 0 Å². The van der Waals surface area contributed by atoms with Gasteiger partial charge in [-0.1, -0.05) is 6.07 Å². The lowest BCUT2D eigenvalue weighted by Crippen LogP contribution is -2.25. The van der Waals surface area contributed by atoms with Crippen molar-refractivity contribution in [1.82, 2.24) is 4.72 Å². The Labute approximate surface area is 161 Å². The Morgan fingerprint density at radius 2 is 1.26 bits per heavy atom. The van der Waals surface area contributed by atoms with E-state index in [2.05, 4.69) is 4.72 Å². The van der Waals surface area contributed by atoms with Crippen LogP contribution in [0, 0.1) is 27.7 Å². The van der Waals surface area contributed by atoms with E-state index in [1.165, 1.54) is 21.3 Å². The van der Waals surface area contributed by atoms with Gasteiger partial charge in [-0.3, -0.25) is 0 Å². The third-order valence-corrected chi connectivity index (χ3v) is 6.48. The maximum Gasteiger partial charge on any atom is 0.241 e. The summed E-state index contributed by atoms with van der Waals surface area (Å²) in [6.07, 6.45) is 0. The van der Waals surface area contributed by atoms with Crippen LogP contribution in [0.4, 0.5) is 0 Å². The summed E-state index contributed by atoms with van der Waals surface area (Å²) in [7, 11) is 0.884. The maximum absolute atomic E-state index is 13.0. The Bertz CT molecular complexity index is 925. The zero-order valence-corrected chi connectivity index (χ0v) is 17.7. The van der Waals surface area contributed by atoms with E-state index in [9.17, 15) is 8.42 Å². The first-order chi connectivity index (χ1) is 12.7. The Morgan fingerprint density at radius 3 is 1.74 bits per heavy atom. The van der Waals surface area contributed by atoms with Gasteiger partial charge in [-0.05, 0) is 56.0 Å². The number of sulfonamides is 1. The average molecular weight is 394 g/mol. The summed E-state index contributed by atoms with van der Waals surface area (Å²) in [4.78, 5) is 0.333. The highest BCUT2D eigenvalue weighted by atomic mass is 32.2. The zero-order chi connectivity index (χ0) is 20.4. The van der Waals surface area contributed by atoms with Crippen LogP contribution < -0.4 is 18.9 Å². The molecule has 1 N–H and O–H groups in total. The summed E-state index contributed by atoms with van der Waals surface area (Å²) in [6, 6.07) is 5.39. The molecule has 0 aromatic heterocycles. The fourth-order valence-corrected chi connectivity index (χ4v) is 4.68. The van der Waals surface area contributed by atoms with Gasteiger partial charge in [-0.25, -0.2) is 13.1 Å². The molecule has 0 saturated carbocycles. The average Bonchev–Trinajstić information content (AvgIpc) is 2.64. The van der Waals surface area contributed by atoms with Gasteiger partial charge < -0.3 is 14.2 Å². The van der Waals surface area contributed by atoms with E-state index < -0.39 is 10.0 Å². The molecule has 0 spiro atoms. The van der Waals surface area contributed by atoms with Gasteiger partial charge in [-0.15, -0.1) is 0 Å². The van der Waals surface area contributed by atoms with Crippen molar-refractivity contribution in [3.63, 3.8) is 0 Å².